The third-order valence-corrected chi connectivity index (χ3v) is 5.52. The number of anilines is 1. The maximum absolute atomic E-state index is 14.5. The minimum absolute atomic E-state index is 0.0330. The lowest BCUT2D eigenvalue weighted by Crippen LogP contribution is -2.32. The Morgan fingerprint density at radius 1 is 1.00 bits per heavy atom. The van der Waals surface area contributed by atoms with E-state index in [4.69, 9.17) is 9.84 Å². The van der Waals surface area contributed by atoms with Gasteiger partial charge in [-0.05, 0) is 40.5 Å². The number of nitrogens with one attached hydrogen (secondary N) is 1. The molecule has 0 heterocycles. The fourth-order valence-corrected chi connectivity index (χ4v) is 3.99. The van der Waals surface area contributed by atoms with Gasteiger partial charge in [0, 0.05) is 18.5 Å². The molecule has 0 radical (unpaired) electrons. The van der Waals surface area contributed by atoms with E-state index < -0.39 is 30.3 Å². The van der Waals surface area contributed by atoms with Gasteiger partial charge in [0.15, 0.2) is 0 Å². The van der Waals surface area contributed by atoms with Gasteiger partial charge < -0.3 is 14.7 Å². The average molecular weight is 448 g/mol. The van der Waals surface area contributed by atoms with Gasteiger partial charge in [-0.25, -0.2) is 9.18 Å². The van der Waals surface area contributed by atoms with Crippen molar-refractivity contribution in [3.8, 4) is 11.1 Å². The number of aliphatic carboxylic acids is 1. The van der Waals surface area contributed by atoms with Gasteiger partial charge in [0.1, 0.15) is 19.0 Å². The van der Waals surface area contributed by atoms with Gasteiger partial charge in [0.2, 0.25) is 0 Å². The van der Waals surface area contributed by atoms with E-state index in [1.807, 2.05) is 48.5 Å². The number of carbonyl (C=O) groups excluding carboxylic acids is 2. The highest BCUT2D eigenvalue weighted by Crippen LogP contribution is 2.44. The van der Waals surface area contributed by atoms with Crippen molar-refractivity contribution < 1.29 is 28.6 Å². The number of carboxylic acid groups (broad SMARTS) is 1. The molecule has 0 aromatic heterocycles. The van der Waals surface area contributed by atoms with Crippen molar-refractivity contribution in [2.75, 3.05) is 25.5 Å². The summed E-state index contributed by atoms with van der Waals surface area (Å²) >= 11 is 0. The van der Waals surface area contributed by atoms with Gasteiger partial charge >= 0.3 is 12.1 Å². The standard InChI is InChI=1S/C25H21FN2O5/c1-28(13-23(29)30)24(31)15-10-11-22(21(26)12-15)27-25(32)33-14-20-18-8-4-2-6-16(18)17-7-3-5-9-19(17)20/h2-12,20H,13-14H2,1H3,(H,27,32)(H,29,30). The first-order valence-electron chi connectivity index (χ1n) is 10.2. The molecule has 1 aliphatic carbocycles. The van der Waals surface area contributed by atoms with E-state index in [9.17, 15) is 18.8 Å². The van der Waals surface area contributed by atoms with Gasteiger partial charge in [0.25, 0.3) is 5.91 Å². The number of nitrogens with zero attached hydrogens (tertiary/aromatic N) is 1. The Kier molecular flexibility index (Phi) is 6.08. The lowest BCUT2D eigenvalue weighted by Gasteiger charge is -2.16. The number of benzene rings is 3. The van der Waals surface area contributed by atoms with Gasteiger partial charge in [0.05, 0.1) is 5.69 Å². The predicted molar refractivity (Wildman–Crippen MR) is 120 cm³/mol. The fourth-order valence-electron chi connectivity index (χ4n) is 3.99. The third-order valence-electron chi connectivity index (χ3n) is 5.52. The Bertz CT molecular complexity index is 1200. The van der Waals surface area contributed by atoms with Crippen LogP contribution in [0, 0.1) is 5.82 Å². The van der Waals surface area contributed by atoms with E-state index >= 15 is 0 Å². The van der Waals surface area contributed by atoms with Gasteiger partial charge in [-0.1, -0.05) is 48.5 Å². The molecule has 168 valence electrons. The number of ether oxygens (including phenoxy) is 1. The molecule has 0 saturated carbocycles. The number of amides is 2. The van der Waals surface area contributed by atoms with Gasteiger partial charge in [-0.2, -0.15) is 0 Å². The van der Waals surface area contributed by atoms with E-state index in [2.05, 4.69) is 5.32 Å². The second-order valence-corrected chi connectivity index (χ2v) is 7.70. The molecule has 0 spiro atoms. The van der Waals surface area contributed by atoms with Crippen LogP contribution in [-0.2, 0) is 9.53 Å². The quantitative estimate of drug-likeness (QED) is 0.585. The molecule has 2 amide bonds. The second kappa shape index (κ2) is 9.12. The van der Waals surface area contributed by atoms with E-state index in [0.717, 1.165) is 33.2 Å². The SMILES string of the molecule is CN(CC(=O)O)C(=O)c1ccc(NC(=O)OCC2c3ccccc3-c3ccccc32)c(F)c1. The molecule has 0 atom stereocenters. The molecule has 0 bridgehead atoms. The maximum atomic E-state index is 14.5. The summed E-state index contributed by atoms with van der Waals surface area (Å²) in [5.74, 6) is -2.79. The molecular weight excluding hydrogens is 427 g/mol. The number of hydrogen-bond donors (Lipinski definition) is 2. The lowest BCUT2D eigenvalue weighted by molar-refractivity contribution is -0.137. The first-order valence-corrected chi connectivity index (χ1v) is 10.2. The minimum Gasteiger partial charge on any atom is -0.480 e. The van der Waals surface area contributed by atoms with Crippen LogP contribution < -0.4 is 5.32 Å². The van der Waals surface area contributed by atoms with Crippen LogP contribution >= 0.6 is 0 Å². The van der Waals surface area contributed by atoms with Crippen LogP contribution in [0.25, 0.3) is 11.1 Å². The van der Waals surface area contributed by atoms with Crippen LogP contribution in [0.3, 0.4) is 0 Å². The molecule has 1 aliphatic rings. The van der Waals surface area contributed by atoms with E-state index in [1.54, 1.807) is 0 Å². The zero-order valence-electron chi connectivity index (χ0n) is 17.7. The van der Waals surface area contributed by atoms with E-state index in [-0.39, 0.29) is 23.8 Å². The molecule has 4 rings (SSSR count). The van der Waals surface area contributed by atoms with Crippen molar-refractivity contribution in [2.45, 2.75) is 5.92 Å². The zero-order valence-corrected chi connectivity index (χ0v) is 17.7. The summed E-state index contributed by atoms with van der Waals surface area (Å²) in [4.78, 5) is 36.3. The van der Waals surface area contributed by atoms with Crippen LogP contribution in [0.2, 0.25) is 0 Å². The Labute approximate surface area is 189 Å². The summed E-state index contributed by atoms with van der Waals surface area (Å²) in [6.07, 6.45) is -0.821. The number of fused-ring (bicyclic) bond motifs is 3. The number of carboxylic acids is 1. The summed E-state index contributed by atoms with van der Waals surface area (Å²) < 4.78 is 19.9. The Morgan fingerprint density at radius 3 is 2.18 bits per heavy atom. The summed E-state index contributed by atoms with van der Waals surface area (Å²) in [7, 11) is 1.30. The molecule has 33 heavy (non-hydrogen) atoms. The van der Waals surface area contributed by atoms with Crippen LogP contribution in [0.5, 0.6) is 0 Å². The van der Waals surface area contributed by atoms with Crippen molar-refractivity contribution >= 4 is 23.7 Å². The van der Waals surface area contributed by atoms with Crippen molar-refractivity contribution in [3.63, 3.8) is 0 Å². The first kappa shape index (κ1) is 22.0. The van der Waals surface area contributed by atoms with Crippen molar-refractivity contribution in [1.29, 1.82) is 0 Å². The predicted octanol–water partition coefficient (Wildman–Crippen LogP) is 4.34. The molecule has 0 aliphatic heterocycles. The number of halogens is 1. The molecule has 0 unspecified atom stereocenters. The van der Waals surface area contributed by atoms with Gasteiger partial charge in [-0.15, -0.1) is 0 Å². The molecule has 3 aromatic carbocycles. The molecular formula is C25H21FN2O5. The summed E-state index contributed by atoms with van der Waals surface area (Å²) in [6.45, 7) is -0.432. The monoisotopic (exact) mass is 448 g/mol. The summed E-state index contributed by atoms with van der Waals surface area (Å²) in [5, 5.41) is 11.1. The molecule has 2 N–H and O–H groups in total. The average Bonchev–Trinajstić information content (AvgIpc) is 3.12. The lowest BCUT2D eigenvalue weighted by atomic mass is 9.98. The number of likely N-dealkylation sites (N-methyl/N-ethyl adjacent to an activating group) is 1. The normalized spacial score (nSPS) is 11.9. The highest BCUT2D eigenvalue weighted by Gasteiger charge is 2.29. The molecule has 0 fully saturated rings. The van der Waals surface area contributed by atoms with Crippen LogP contribution in [-0.4, -0.2) is 48.2 Å². The van der Waals surface area contributed by atoms with Crippen LogP contribution in [0.15, 0.2) is 66.7 Å². The number of hydrogen-bond acceptors (Lipinski definition) is 4. The van der Waals surface area contributed by atoms with Crippen molar-refractivity contribution in [2.24, 2.45) is 0 Å². The largest absolute Gasteiger partial charge is 0.480 e. The highest BCUT2D eigenvalue weighted by atomic mass is 19.1. The molecule has 0 saturated heterocycles. The highest BCUT2D eigenvalue weighted by molar-refractivity contribution is 5.96. The van der Waals surface area contributed by atoms with Gasteiger partial charge in [-0.3, -0.25) is 14.9 Å². The fraction of sp³-hybridized carbons (Fsp3) is 0.160. The Balaban J connectivity index is 1.42. The number of carbonyl (C=O) groups is 3. The van der Waals surface area contributed by atoms with Crippen molar-refractivity contribution in [3.05, 3.63) is 89.2 Å². The molecule has 3 aromatic rings. The second-order valence-electron chi connectivity index (χ2n) is 7.70. The van der Waals surface area contributed by atoms with Crippen LogP contribution in [0.1, 0.15) is 27.4 Å². The summed E-state index contributed by atoms with van der Waals surface area (Å²) in [5.41, 5.74) is 4.14. The smallest absolute Gasteiger partial charge is 0.411 e. The number of rotatable bonds is 6. The summed E-state index contributed by atoms with van der Waals surface area (Å²) in [6, 6.07) is 19.3. The Hall–Kier alpha value is -4.20. The molecule has 7 nitrogen and oxygen atoms in total. The minimum atomic E-state index is -1.18. The first-order chi connectivity index (χ1) is 15.8. The molecule has 8 heteroatoms. The zero-order chi connectivity index (χ0) is 23.5. The van der Waals surface area contributed by atoms with Crippen LogP contribution in [0.4, 0.5) is 14.9 Å². The topological polar surface area (TPSA) is 95.9 Å². The van der Waals surface area contributed by atoms with Crippen molar-refractivity contribution in [1.82, 2.24) is 4.90 Å². The van der Waals surface area contributed by atoms with E-state index in [1.165, 1.54) is 19.2 Å². The van der Waals surface area contributed by atoms with E-state index in [0.29, 0.717) is 0 Å². The maximum Gasteiger partial charge on any atom is 0.411 e. The Morgan fingerprint density at radius 2 is 1.61 bits per heavy atom. The third kappa shape index (κ3) is 4.55.